The van der Waals surface area contributed by atoms with Gasteiger partial charge in [-0.15, -0.1) is 11.3 Å². The largest absolute Gasteiger partial charge is 0.353 e. The molecule has 0 fully saturated rings. The molecule has 0 saturated heterocycles. The number of hydrogen-bond acceptors (Lipinski definition) is 6. The predicted octanol–water partition coefficient (Wildman–Crippen LogP) is 4.08. The fraction of sp³-hybridized carbons (Fsp3) is 0.615. The average Bonchev–Trinajstić information content (AvgIpc) is 2.84. The molecule has 0 aromatic carbocycles. The minimum Gasteiger partial charge on any atom is -0.353 e. The summed E-state index contributed by atoms with van der Waals surface area (Å²) in [5.41, 5.74) is 1.10. The van der Waals surface area contributed by atoms with E-state index in [1.54, 1.807) is 11.3 Å². The minimum absolute atomic E-state index is 0.00331. The first kappa shape index (κ1) is 14.4. The van der Waals surface area contributed by atoms with Crippen LogP contribution in [0.25, 0.3) is 0 Å². The highest BCUT2D eigenvalue weighted by Gasteiger charge is 2.21. The zero-order valence-corrected chi connectivity index (χ0v) is 13.9. The van der Waals surface area contributed by atoms with Crippen molar-refractivity contribution in [3.8, 4) is 0 Å². The van der Waals surface area contributed by atoms with Crippen molar-refractivity contribution in [1.29, 1.82) is 0 Å². The smallest absolute Gasteiger partial charge is 0.203 e. The van der Waals surface area contributed by atoms with Crippen molar-refractivity contribution in [2.75, 3.05) is 5.32 Å². The summed E-state index contributed by atoms with van der Waals surface area (Å²) in [5, 5.41) is 5.40. The number of nitrogens with zero attached hydrogens (tertiary/aromatic N) is 3. The van der Waals surface area contributed by atoms with Crippen LogP contribution in [-0.4, -0.2) is 14.3 Å². The van der Waals surface area contributed by atoms with Crippen molar-refractivity contribution in [2.45, 2.75) is 53.0 Å². The third-order valence-corrected chi connectivity index (χ3v) is 4.67. The number of nitrogens with one attached hydrogen (secondary N) is 1. The third-order valence-electron chi connectivity index (χ3n) is 2.77. The van der Waals surface area contributed by atoms with E-state index in [2.05, 4.69) is 54.3 Å². The van der Waals surface area contributed by atoms with Gasteiger partial charge in [0.1, 0.15) is 5.82 Å². The molecular formula is C13H20N4S2. The Morgan fingerprint density at radius 2 is 1.84 bits per heavy atom. The maximum absolute atomic E-state index is 4.56. The van der Waals surface area contributed by atoms with E-state index in [1.807, 2.05) is 6.92 Å². The molecule has 6 heteroatoms. The van der Waals surface area contributed by atoms with Crippen LogP contribution in [0.2, 0.25) is 0 Å². The summed E-state index contributed by atoms with van der Waals surface area (Å²) in [4.78, 5) is 10.3. The average molecular weight is 296 g/mol. The molecule has 2 aromatic rings. The van der Waals surface area contributed by atoms with Crippen LogP contribution in [0.3, 0.4) is 0 Å². The molecule has 1 N–H and O–H groups in total. The van der Waals surface area contributed by atoms with E-state index in [0.29, 0.717) is 0 Å². The van der Waals surface area contributed by atoms with E-state index in [1.165, 1.54) is 16.4 Å². The zero-order valence-electron chi connectivity index (χ0n) is 12.2. The molecule has 0 aliphatic carbocycles. The number of aryl methyl sites for hydroxylation is 2. The minimum atomic E-state index is -0.00331. The zero-order chi connectivity index (χ0) is 14.2. The Balaban J connectivity index is 2.13. The molecule has 0 amide bonds. The van der Waals surface area contributed by atoms with Gasteiger partial charge in [0.15, 0.2) is 0 Å². The van der Waals surface area contributed by atoms with Gasteiger partial charge in [-0.2, -0.15) is 4.37 Å². The van der Waals surface area contributed by atoms with Gasteiger partial charge >= 0.3 is 0 Å². The maximum atomic E-state index is 4.56. The highest BCUT2D eigenvalue weighted by atomic mass is 32.1. The summed E-state index contributed by atoms with van der Waals surface area (Å²) in [6, 6.07) is 0.215. The molecular weight excluding hydrogens is 276 g/mol. The van der Waals surface area contributed by atoms with Crippen LogP contribution in [0.4, 0.5) is 5.13 Å². The van der Waals surface area contributed by atoms with Gasteiger partial charge in [-0.1, -0.05) is 20.8 Å². The molecule has 1 atom stereocenters. The molecule has 0 saturated carbocycles. The van der Waals surface area contributed by atoms with Gasteiger partial charge in [-0.3, -0.25) is 0 Å². The summed E-state index contributed by atoms with van der Waals surface area (Å²) >= 11 is 3.16. The van der Waals surface area contributed by atoms with Crippen molar-refractivity contribution in [3.05, 3.63) is 21.4 Å². The van der Waals surface area contributed by atoms with E-state index < -0.39 is 0 Å². The van der Waals surface area contributed by atoms with E-state index in [0.717, 1.165) is 21.7 Å². The van der Waals surface area contributed by atoms with E-state index >= 15 is 0 Å². The van der Waals surface area contributed by atoms with Crippen LogP contribution in [-0.2, 0) is 5.41 Å². The Hall–Kier alpha value is -1.01. The normalized spacial score (nSPS) is 13.6. The molecule has 0 radical (unpaired) electrons. The van der Waals surface area contributed by atoms with Gasteiger partial charge in [0.25, 0.3) is 0 Å². The van der Waals surface area contributed by atoms with Crippen LogP contribution in [0.15, 0.2) is 0 Å². The fourth-order valence-electron chi connectivity index (χ4n) is 1.79. The molecule has 2 heterocycles. The Morgan fingerprint density at radius 1 is 1.16 bits per heavy atom. The second-order valence-corrected chi connectivity index (χ2v) is 7.71. The second-order valence-electron chi connectivity index (χ2n) is 5.72. The highest BCUT2D eigenvalue weighted by Crippen LogP contribution is 2.29. The Bertz CT molecular complexity index is 565. The molecule has 104 valence electrons. The van der Waals surface area contributed by atoms with Crippen LogP contribution >= 0.6 is 22.9 Å². The third kappa shape index (κ3) is 3.30. The molecule has 19 heavy (non-hydrogen) atoms. The van der Waals surface area contributed by atoms with E-state index in [4.69, 9.17) is 0 Å². The maximum Gasteiger partial charge on any atom is 0.203 e. The molecule has 0 spiro atoms. The van der Waals surface area contributed by atoms with Crippen LogP contribution in [0.1, 0.15) is 55.1 Å². The van der Waals surface area contributed by atoms with Crippen molar-refractivity contribution < 1.29 is 0 Å². The first-order valence-electron chi connectivity index (χ1n) is 6.32. The SMILES string of the molecule is Cc1nc(C)c(C(C)Nc2nc(C(C)(C)C)ns2)s1. The lowest BCUT2D eigenvalue weighted by atomic mass is 9.96. The van der Waals surface area contributed by atoms with Crippen molar-refractivity contribution in [2.24, 2.45) is 0 Å². The molecule has 0 aliphatic heterocycles. The van der Waals surface area contributed by atoms with E-state index in [-0.39, 0.29) is 11.5 Å². The second kappa shape index (κ2) is 5.17. The van der Waals surface area contributed by atoms with Crippen LogP contribution < -0.4 is 5.32 Å². The Kier molecular flexibility index (Phi) is 3.92. The molecule has 1 unspecified atom stereocenters. The van der Waals surface area contributed by atoms with Gasteiger partial charge in [0, 0.05) is 21.8 Å². The van der Waals surface area contributed by atoms with Gasteiger partial charge in [0.2, 0.25) is 5.13 Å². The summed E-state index contributed by atoms with van der Waals surface area (Å²) in [5.74, 6) is 0.893. The highest BCUT2D eigenvalue weighted by molar-refractivity contribution is 7.12. The summed E-state index contributed by atoms with van der Waals surface area (Å²) in [6.07, 6.45) is 0. The topological polar surface area (TPSA) is 50.7 Å². The van der Waals surface area contributed by atoms with Gasteiger partial charge in [-0.05, 0) is 20.8 Å². The summed E-state index contributed by atoms with van der Waals surface area (Å²) in [6.45, 7) is 12.6. The fourth-order valence-corrected chi connectivity index (χ4v) is 3.56. The molecule has 0 bridgehead atoms. The first-order valence-corrected chi connectivity index (χ1v) is 7.91. The first-order chi connectivity index (χ1) is 8.77. The monoisotopic (exact) mass is 296 g/mol. The van der Waals surface area contributed by atoms with Crippen LogP contribution in [0, 0.1) is 13.8 Å². The Labute approximate surface area is 122 Å². The van der Waals surface area contributed by atoms with Crippen LogP contribution in [0.5, 0.6) is 0 Å². The molecule has 2 rings (SSSR count). The lowest BCUT2D eigenvalue weighted by Crippen LogP contribution is -2.13. The summed E-state index contributed by atoms with van der Waals surface area (Å²) < 4.78 is 4.42. The molecule has 2 aromatic heterocycles. The number of rotatable bonds is 3. The van der Waals surface area contributed by atoms with Crippen molar-refractivity contribution >= 4 is 28.0 Å². The lowest BCUT2D eigenvalue weighted by molar-refractivity contribution is 0.555. The van der Waals surface area contributed by atoms with Gasteiger partial charge < -0.3 is 5.32 Å². The summed E-state index contributed by atoms with van der Waals surface area (Å²) in [7, 11) is 0. The molecule has 4 nitrogen and oxygen atoms in total. The number of hydrogen-bond donors (Lipinski definition) is 1. The predicted molar refractivity (Wildman–Crippen MR) is 82.2 cm³/mol. The van der Waals surface area contributed by atoms with Crippen molar-refractivity contribution in [1.82, 2.24) is 14.3 Å². The lowest BCUT2D eigenvalue weighted by Gasteiger charge is -2.13. The number of aromatic nitrogens is 3. The van der Waals surface area contributed by atoms with Crippen molar-refractivity contribution in [3.63, 3.8) is 0 Å². The number of thiazole rings is 1. The van der Waals surface area contributed by atoms with Gasteiger partial charge in [0.05, 0.1) is 16.7 Å². The quantitative estimate of drug-likeness (QED) is 0.927. The Morgan fingerprint density at radius 3 is 2.32 bits per heavy atom. The standard InChI is InChI=1S/C13H20N4S2/c1-7-10(18-9(3)14-7)8(2)15-12-16-11(17-19-12)13(4,5)6/h8H,1-6H3,(H,15,16,17). The van der Waals surface area contributed by atoms with E-state index in [9.17, 15) is 0 Å². The molecule has 0 aliphatic rings. The van der Waals surface area contributed by atoms with Gasteiger partial charge in [-0.25, -0.2) is 9.97 Å². The number of anilines is 1.